The van der Waals surface area contributed by atoms with Gasteiger partial charge in [0.05, 0.1) is 59.7 Å². The smallest absolute Gasteiger partial charge is 0.124 e. The van der Waals surface area contributed by atoms with Crippen molar-refractivity contribution in [2.75, 3.05) is 0 Å². The van der Waals surface area contributed by atoms with Crippen molar-refractivity contribution in [3.05, 3.63) is 112 Å². The molecule has 0 aliphatic rings. The van der Waals surface area contributed by atoms with Gasteiger partial charge in [-0.15, -0.1) is 12.4 Å². The zero-order valence-electron chi connectivity index (χ0n) is 20.2. The molecule has 178 valence electrons. The lowest BCUT2D eigenvalue weighted by Gasteiger charge is -2.21. The molecule has 3 aromatic carbocycles. The zero-order valence-corrected chi connectivity index (χ0v) is 21.0. The summed E-state index contributed by atoms with van der Waals surface area (Å²) >= 11 is 0. The maximum absolute atomic E-state index is 9.76. The van der Waals surface area contributed by atoms with Gasteiger partial charge in [-0.1, -0.05) is 36.4 Å². The standard InChI is InChI=1S/C29H23N5O.ClH/c1-19-6-4-5-7-26(19)27-12-21(8-9-22(27)13-30)29(28-16-33-18-34(28)3)35-17-25-10-20(2)23(14-31)11-24(25)15-32;/h4-12,16,18,29H,17H2,1-3H3;1H. The van der Waals surface area contributed by atoms with Crippen LogP contribution in [0.5, 0.6) is 0 Å². The Balaban J connectivity index is 0.00000361. The van der Waals surface area contributed by atoms with E-state index in [2.05, 4.69) is 23.2 Å². The molecule has 0 radical (unpaired) electrons. The van der Waals surface area contributed by atoms with Gasteiger partial charge in [0.1, 0.15) is 6.10 Å². The first kappa shape index (κ1) is 26.2. The predicted molar refractivity (Wildman–Crippen MR) is 139 cm³/mol. The van der Waals surface area contributed by atoms with Gasteiger partial charge in [0.2, 0.25) is 0 Å². The fourth-order valence-corrected chi connectivity index (χ4v) is 4.18. The van der Waals surface area contributed by atoms with Crippen molar-refractivity contribution < 1.29 is 4.74 Å². The lowest BCUT2D eigenvalue weighted by atomic mass is 9.93. The molecule has 0 saturated heterocycles. The maximum Gasteiger partial charge on any atom is 0.124 e. The van der Waals surface area contributed by atoms with E-state index in [9.17, 15) is 15.8 Å². The van der Waals surface area contributed by atoms with Gasteiger partial charge in [0.15, 0.2) is 0 Å². The van der Waals surface area contributed by atoms with E-state index in [1.165, 1.54) is 0 Å². The molecule has 0 N–H and O–H groups in total. The van der Waals surface area contributed by atoms with Crippen LogP contribution in [-0.2, 0) is 18.4 Å². The van der Waals surface area contributed by atoms with Crippen LogP contribution in [0, 0.1) is 47.8 Å². The number of hydrogen-bond donors (Lipinski definition) is 0. The van der Waals surface area contributed by atoms with Gasteiger partial charge in [-0.2, -0.15) is 15.8 Å². The molecule has 36 heavy (non-hydrogen) atoms. The van der Waals surface area contributed by atoms with E-state index in [-0.39, 0.29) is 19.0 Å². The summed E-state index contributed by atoms with van der Waals surface area (Å²) in [5.41, 5.74) is 7.59. The van der Waals surface area contributed by atoms with Crippen molar-refractivity contribution in [2.45, 2.75) is 26.6 Å². The van der Waals surface area contributed by atoms with Crippen LogP contribution < -0.4 is 0 Å². The summed E-state index contributed by atoms with van der Waals surface area (Å²) < 4.78 is 8.32. The first-order valence-corrected chi connectivity index (χ1v) is 11.1. The highest BCUT2D eigenvalue weighted by Gasteiger charge is 2.21. The number of imidazole rings is 1. The van der Waals surface area contributed by atoms with Gasteiger partial charge in [-0.25, -0.2) is 4.98 Å². The van der Waals surface area contributed by atoms with E-state index in [1.807, 2.05) is 74.0 Å². The number of hydrogen-bond acceptors (Lipinski definition) is 5. The molecule has 1 atom stereocenters. The second-order valence-corrected chi connectivity index (χ2v) is 8.40. The number of aromatic nitrogens is 2. The van der Waals surface area contributed by atoms with E-state index in [0.29, 0.717) is 22.3 Å². The third-order valence-corrected chi connectivity index (χ3v) is 6.12. The molecule has 0 spiro atoms. The van der Waals surface area contributed by atoms with Crippen LogP contribution in [0.4, 0.5) is 0 Å². The van der Waals surface area contributed by atoms with Crippen LogP contribution in [0.15, 0.2) is 67.1 Å². The van der Waals surface area contributed by atoms with Gasteiger partial charge in [-0.3, -0.25) is 0 Å². The Bertz CT molecular complexity index is 1530. The van der Waals surface area contributed by atoms with Crippen LogP contribution in [0.25, 0.3) is 11.1 Å². The van der Waals surface area contributed by atoms with Crippen molar-refractivity contribution in [1.82, 2.24) is 9.55 Å². The summed E-state index contributed by atoms with van der Waals surface area (Å²) in [6.07, 6.45) is 2.98. The molecule has 4 aromatic rings. The molecule has 0 amide bonds. The van der Waals surface area contributed by atoms with E-state index >= 15 is 0 Å². The van der Waals surface area contributed by atoms with Crippen LogP contribution >= 0.6 is 12.4 Å². The molecule has 0 fully saturated rings. The van der Waals surface area contributed by atoms with Crippen LogP contribution in [0.1, 0.15) is 50.7 Å². The van der Waals surface area contributed by atoms with E-state index in [1.54, 1.807) is 18.6 Å². The molecular formula is C29H24ClN5O. The number of nitriles is 3. The van der Waals surface area contributed by atoms with Gasteiger partial charge in [0.25, 0.3) is 0 Å². The summed E-state index contributed by atoms with van der Waals surface area (Å²) in [7, 11) is 1.90. The van der Waals surface area contributed by atoms with Crippen LogP contribution in [-0.4, -0.2) is 9.55 Å². The summed E-state index contributed by atoms with van der Waals surface area (Å²) in [5.74, 6) is 0. The average molecular weight is 494 g/mol. The number of halogens is 1. The SMILES string of the molecule is Cc1cc(COC(c2ccc(C#N)c(-c3ccccc3C)c2)c2cncn2C)c(C#N)cc1C#N.Cl. The second-order valence-electron chi connectivity index (χ2n) is 8.40. The minimum atomic E-state index is -0.486. The van der Waals surface area contributed by atoms with E-state index in [4.69, 9.17) is 4.74 Å². The Morgan fingerprint density at radius 1 is 0.861 bits per heavy atom. The monoisotopic (exact) mass is 493 g/mol. The molecule has 1 aromatic heterocycles. The predicted octanol–water partition coefficient (Wildman–Crippen LogP) is 6.05. The topological polar surface area (TPSA) is 98.4 Å². The summed E-state index contributed by atoms with van der Waals surface area (Å²) in [5, 5.41) is 28.7. The van der Waals surface area contributed by atoms with Gasteiger partial charge >= 0.3 is 0 Å². The number of nitrogens with zero attached hydrogens (tertiary/aromatic N) is 5. The van der Waals surface area contributed by atoms with Crippen molar-refractivity contribution in [1.29, 1.82) is 15.8 Å². The maximum atomic E-state index is 9.76. The first-order chi connectivity index (χ1) is 17.0. The molecule has 1 heterocycles. The van der Waals surface area contributed by atoms with E-state index in [0.717, 1.165) is 33.5 Å². The van der Waals surface area contributed by atoms with Gasteiger partial charge in [-0.05, 0) is 59.9 Å². The third-order valence-electron chi connectivity index (χ3n) is 6.12. The summed E-state index contributed by atoms with van der Waals surface area (Å²) in [6.45, 7) is 4.04. The van der Waals surface area contributed by atoms with E-state index < -0.39 is 6.10 Å². The zero-order chi connectivity index (χ0) is 24.9. The molecule has 0 aliphatic carbocycles. The number of rotatable bonds is 6. The molecular weight excluding hydrogens is 470 g/mol. The highest BCUT2D eigenvalue weighted by atomic mass is 35.5. The molecule has 6 nitrogen and oxygen atoms in total. The Morgan fingerprint density at radius 3 is 2.22 bits per heavy atom. The normalized spacial score (nSPS) is 11.0. The van der Waals surface area contributed by atoms with Crippen LogP contribution in [0.2, 0.25) is 0 Å². The first-order valence-electron chi connectivity index (χ1n) is 11.1. The minimum Gasteiger partial charge on any atom is -0.362 e. The lowest BCUT2D eigenvalue weighted by molar-refractivity contribution is 0.0620. The number of ether oxygens (including phenoxy) is 1. The fourth-order valence-electron chi connectivity index (χ4n) is 4.18. The second kappa shape index (κ2) is 11.3. The lowest BCUT2D eigenvalue weighted by Crippen LogP contribution is -2.11. The van der Waals surface area contributed by atoms with Crippen LogP contribution in [0.3, 0.4) is 0 Å². The summed E-state index contributed by atoms with van der Waals surface area (Å²) in [6, 6.07) is 23.7. The van der Waals surface area contributed by atoms with Crippen molar-refractivity contribution >= 4 is 12.4 Å². The van der Waals surface area contributed by atoms with Crippen molar-refractivity contribution in [2.24, 2.45) is 7.05 Å². The quantitative estimate of drug-likeness (QED) is 0.325. The van der Waals surface area contributed by atoms with Gasteiger partial charge in [0, 0.05) is 12.6 Å². The highest BCUT2D eigenvalue weighted by Crippen LogP contribution is 2.34. The van der Waals surface area contributed by atoms with Crippen molar-refractivity contribution in [3.8, 4) is 29.3 Å². The number of benzene rings is 3. The third kappa shape index (κ3) is 5.14. The minimum absolute atomic E-state index is 0. The molecule has 0 bridgehead atoms. The largest absolute Gasteiger partial charge is 0.362 e. The Labute approximate surface area is 217 Å². The average Bonchev–Trinajstić information content (AvgIpc) is 3.30. The molecule has 7 heteroatoms. The molecule has 4 rings (SSSR count). The fraction of sp³-hybridized carbons (Fsp3) is 0.172. The Morgan fingerprint density at radius 2 is 1.58 bits per heavy atom. The molecule has 0 aliphatic heterocycles. The number of aryl methyl sites for hydroxylation is 3. The highest BCUT2D eigenvalue weighted by molar-refractivity contribution is 5.85. The Hall–Kier alpha value is -4.41. The molecule has 1 unspecified atom stereocenters. The van der Waals surface area contributed by atoms with Gasteiger partial charge < -0.3 is 9.30 Å². The summed E-state index contributed by atoms with van der Waals surface area (Å²) in [4.78, 5) is 4.26. The molecule has 0 saturated carbocycles. The van der Waals surface area contributed by atoms with Crippen molar-refractivity contribution in [3.63, 3.8) is 0 Å². The Kier molecular flexibility index (Phi) is 8.26.